The quantitative estimate of drug-likeness (QED) is 0.828. The maximum Gasteiger partial charge on any atom is 0.116 e. The Morgan fingerprint density at radius 3 is 2.05 bits per heavy atom. The van der Waals surface area contributed by atoms with Gasteiger partial charge in [0.1, 0.15) is 6.29 Å². The Morgan fingerprint density at radius 2 is 1.65 bits per heavy atom. The SMILES string of the molecule is CC=O.CCC.CNC(C)C(C)Cc1ccccc1C. The molecule has 0 saturated heterocycles. The van der Waals surface area contributed by atoms with Gasteiger partial charge >= 0.3 is 0 Å². The Hall–Kier alpha value is -1.15. The Kier molecular flexibility index (Phi) is 15.1. The minimum absolute atomic E-state index is 0.578. The maximum atomic E-state index is 8.81. The van der Waals surface area contributed by atoms with Crippen molar-refractivity contribution in [3.63, 3.8) is 0 Å². The van der Waals surface area contributed by atoms with Crippen molar-refractivity contribution in [1.82, 2.24) is 5.32 Å². The molecule has 2 nitrogen and oxygen atoms in total. The zero-order chi connectivity index (χ0) is 16.0. The van der Waals surface area contributed by atoms with Crippen LogP contribution in [0.15, 0.2) is 24.3 Å². The summed E-state index contributed by atoms with van der Waals surface area (Å²) in [5, 5.41) is 3.30. The fourth-order valence-electron chi connectivity index (χ4n) is 1.65. The van der Waals surface area contributed by atoms with Crippen LogP contribution in [0, 0.1) is 12.8 Å². The highest BCUT2D eigenvalue weighted by molar-refractivity contribution is 5.44. The van der Waals surface area contributed by atoms with E-state index in [1.807, 2.05) is 7.05 Å². The molecule has 1 aromatic carbocycles. The molecule has 0 aliphatic rings. The average Bonchev–Trinajstić information content (AvgIpc) is 2.42. The number of aldehydes is 1. The van der Waals surface area contributed by atoms with Crippen LogP contribution in [0.1, 0.15) is 52.2 Å². The molecule has 1 N–H and O–H groups in total. The molecule has 0 aliphatic heterocycles. The lowest BCUT2D eigenvalue weighted by Gasteiger charge is -2.20. The third-order valence-electron chi connectivity index (χ3n) is 3.11. The summed E-state index contributed by atoms with van der Waals surface area (Å²) in [7, 11) is 2.03. The summed E-state index contributed by atoms with van der Waals surface area (Å²) in [6.45, 7) is 12.4. The van der Waals surface area contributed by atoms with Crippen molar-refractivity contribution >= 4 is 6.29 Å². The molecule has 1 aromatic rings. The Balaban J connectivity index is 0. The first-order valence-corrected chi connectivity index (χ1v) is 7.59. The van der Waals surface area contributed by atoms with Crippen LogP contribution in [0.25, 0.3) is 0 Å². The molecule has 116 valence electrons. The van der Waals surface area contributed by atoms with E-state index in [4.69, 9.17) is 4.79 Å². The van der Waals surface area contributed by atoms with Crippen molar-refractivity contribution < 1.29 is 4.79 Å². The molecular weight excluding hydrogens is 246 g/mol. The van der Waals surface area contributed by atoms with Gasteiger partial charge in [-0.05, 0) is 51.3 Å². The Labute approximate surface area is 126 Å². The van der Waals surface area contributed by atoms with Gasteiger partial charge in [0.05, 0.1) is 0 Å². The molecule has 2 atom stereocenters. The van der Waals surface area contributed by atoms with Crippen LogP contribution in [0.3, 0.4) is 0 Å². The van der Waals surface area contributed by atoms with Gasteiger partial charge in [0.2, 0.25) is 0 Å². The van der Waals surface area contributed by atoms with Gasteiger partial charge in [0.15, 0.2) is 0 Å². The van der Waals surface area contributed by atoms with Crippen molar-refractivity contribution in [2.45, 2.75) is 60.4 Å². The van der Waals surface area contributed by atoms with E-state index in [1.54, 1.807) is 0 Å². The third kappa shape index (κ3) is 10.7. The Bertz CT molecular complexity index is 336. The van der Waals surface area contributed by atoms with Gasteiger partial charge in [-0.1, -0.05) is 51.5 Å². The van der Waals surface area contributed by atoms with Crippen molar-refractivity contribution in [2.75, 3.05) is 7.05 Å². The van der Waals surface area contributed by atoms with E-state index in [2.05, 4.69) is 64.2 Å². The largest absolute Gasteiger partial charge is 0.317 e. The van der Waals surface area contributed by atoms with Crippen molar-refractivity contribution in [3.05, 3.63) is 35.4 Å². The van der Waals surface area contributed by atoms with Gasteiger partial charge < -0.3 is 10.1 Å². The molecule has 0 aromatic heterocycles. The number of hydrogen-bond acceptors (Lipinski definition) is 2. The third-order valence-corrected chi connectivity index (χ3v) is 3.11. The number of aryl methyl sites for hydroxylation is 1. The van der Waals surface area contributed by atoms with E-state index < -0.39 is 0 Å². The molecule has 0 radical (unpaired) electrons. The zero-order valence-corrected chi connectivity index (χ0v) is 14.4. The van der Waals surface area contributed by atoms with Gasteiger partial charge in [0, 0.05) is 6.04 Å². The van der Waals surface area contributed by atoms with E-state index >= 15 is 0 Å². The number of benzene rings is 1. The molecular formula is C18H33NO. The topological polar surface area (TPSA) is 29.1 Å². The second-order valence-electron chi connectivity index (χ2n) is 5.13. The number of rotatable bonds is 4. The molecule has 0 heterocycles. The highest BCUT2D eigenvalue weighted by Crippen LogP contribution is 2.15. The van der Waals surface area contributed by atoms with Crippen LogP contribution in [-0.2, 0) is 11.2 Å². The van der Waals surface area contributed by atoms with Crippen molar-refractivity contribution in [3.8, 4) is 0 Å². The summed E-state index contributed by atoms with van der Waals surface area (Å²) in [6, 6.07) is 9.22. The van der Waals surface area contributed by atoms with Crippen molar-refractivity contribution in [1.29, 1.82) is 0 Å². The fraction of sp³-hybridized carbons (Fsp3) is 0.611. The van der Waals surface area contributed by atoms with E-state index in [0.717, 1.165) is 12.7 Å². The molecule has 0 spiro atoms. The average molecular weight is 279 g/mol. The molecule has 2 unspecified atom stereocenters. The van der Waals surface area contributed by atoms with E-state index in [1.165, 1.54) is 24.5 Å². The predicted molar refractivity (Wildman–Crippen MR) is 90.3 cm³/mol. The molecule has 0 fully saturated rings. The van der Waals surface area contributed by atoms with E-state index in [-0.39, 0.29) is 0 Å². The van der Waals surface area contributed by atoms with Crippen LogP contribution >= 0.6 is 0 Å². The highest BCUT2D eigenvalue weighted by atomic mass is 16.1. The van der Waals surface area contributed by atoms with Crippen LogP contribution in [0.5, 0.6) is 0 Å². The summed E-state index contributed by atoms with van der Waals surface area (Å²) < 4.78 is 0. The smallest absolute Gasteiger partial charge is 0.116 e. The number of nitrogens with one attached hydrogen (secondary N) is 1. The molecule has 2 heteroatoms. The summed E-state index contributed by atoms with van der Waals surface area (Å²) in [6.07, 6.45) is 3.16. The second kappa shape index (κ2) is 14.3. The van der Waals surface area contributed by atoms with Crippen LogP contribution in [0.4, 0.5) is 0 Å². The lowest BCUT2D eigenvalue weighted by atomic mass is 9.93. The Morgan fingerprint density at radius 1 is 1.20 bits per heavy atom. The molecule has 0 bridgehead atoms. The maximum absolute atomic E-state index is 8.81. The minimum Gasteiger partial charge on any atom is -0.317 e. The monoisotopic (exact) mass is 279 g/mol. The summed E-state index contributed by atoms with van der Waals surface area (Å²) in [5.41, 5.74) is 2.88. The zero-order valence-electron chi connectivity index (χ0n) is 14.4. The summed E-state index contributed by atoms with van der Waals surface area (Å²) >= 11 is 0. The van der Waals surface area contributed by atoms with Gasteiger partial charge in [0.25, 0.3) is 0 Å². The van der Waals surface area contributed by atoms with Crippen molar-refractivity contribution in [2.24, 2.45) is 5.92 Å². The number of carbonyl (C=O) groups excluding carboxylic acids is 1. The normalized spacial score (nSPS) is 12.2. The standard InChI is InChI=1S/C13H21N.C3H8.C2H4O/c1-10-7-5-6-8-13(10)9-11(2)12(3)14-4;1-3-2;1-2-3/h5-8,11-12,14H,9H2,1-4H3;3H2,1-2H3;2H,1H3. The molecule has 0 saturated carbocycles. The fourth-order valence-corrected chi connectivity index (χ4v) is 1.65. The first-order chi connectivity index (χ1) is 9.48. The second-order valence-corrected chi connectivity index (χ2v) is 5.13. The van der Waals surface area contributed by atoms with Gasteiger partial charge in [-0.15, -0.1) is 0 Å². The molecule has 1 rings (SSSR count). The molecule has 20 heavy (non-hydrogen) atoms. The van der Waals surface area contributed by atoms with E-state index in [9.17, 15) is 0 Å². The summed E-state index contributed by atoms with van der Waals surface area (Å²) in [4.78, 5) is 8.81. The lowest BCUT2D eigenvalue weighted by Crippen LogP contribution is -2.29. The number of hydrogen-bond donors (Lipinski definition) is 1. The summed E-state index contributed by atoms with van der Waals surface area (Å²) in [5.74, 6) is 0.682. The van der Waals surface area contributed by atoms with Gasteiger partial charge in [-0.2, -0.15) is 0 Å². The van der Waals surface area contributed by atoms with Gasteiger partial charge in [-0.3, -0.25) is 0 Å². The van der Waals surface area contributed by atoms with Gasteiger partial charge in [-0.25, -0.2) is 0 Å². The first kappa shape index (κ1) is 21.2. The molecule has 0 amide bonds. The highest BCUT2D eigenvalue weighted by Gasteiger charge is 2.11. The molecule has 0 aliphatic carbocycles. The number of carbonyl (C=O) groups is 1. The lowest BCUT2D eigenvalue weighted by molar-refractivity contribution is -0.106. The van der Waals surface area contributed by atoms with Crippen LogP contribution in [0.2, 0.25) is 0 Å². The van der Waals surface area contributed by atoms with Crippen LogP contribution in [-0.4, -0.2) is 19.4 Å². The predicted octanol–water partition coefficient (Wildman–Crippen LogP) is 4.40. The first-order valence-electron chi connectivity index (χ1n) is 7.59. The van der Waals surface area contributed by atoms with E-state index in [0.29, 0.717) is 12.0 Å². The minimum atomic E-state index is 0.578. The van der Waals surface area contributed by atoms with Crippen LogP contribution < -0.4 is 5.32 Å².